The van der Waals surface area contributed by atoms with Gasteiger partial charge in [-0.2, -0.15) is 0 Å². The van der Waals surface area contributed by atoms with Gasteiger partial charge >= 0.3 is 0 Å². The number of hydrogen-bond donors (Lipinski definition) is 4. The van der Waals surface area contributed by atoms with Gasteiger partial charge in [-0.15, -0.1) is 21.5 Å². The van der Waals surface area contributed by atoms with E-state index in [1.807, 2.05) is 18.4 Å². The average Bonchev–Trinajstić information content (AvgIpc) is 3.57. The summed E-state index contributed by atoms with van der Waals surface area (Å²) < 4.78 is 27.7. The van der Waals surface area contributed by atoms with Crippen LogP contribution in [0.3, 0.4) is 0 Å². The molecule has 0 unspecified atom stereocenters. The minimum absolute atomic E-state index is 0.0652. The maximum absolute atomic E-state index is 12.7. The molecule has 1 saturated carbocycles. The van der Waals surface area contributed by atoms with Gasteiger partial charge in [0, 0.05) is 40.7 Å². The molecule has 0 spiro atoms. The van der Waals surface area contributed by atoms with Crippen LogP contribution in [0.1, 0.15) is 32.3 Å². The van der Waals surface area contributed by atoms with Gasteiger partial charge in [-0.25, -0.2) is 4.98 Å². The zero-order valence-electron chi connectivity index (χ0n) is 21.1. The van der Waals surface area contributed by atoms with E-state index in [-0.39, 0.29) is 29.0 Å². The number of aromatic nitrogens is 3. The molecule has 3 aromatic rings. The Morgan fingerprint density at radius 1 is 1.27 bits per heavy atom. The maximum atomic E-state index is 12.7. The number of thiazole rings is 1. The summed E-state index contributed by atoms with van der Waals surface area (Å²) in [6, 6.07) is 6.83. The number of para-hydroxylation sites is 1. The number of methoxy groups -OCH3 is 1. The zero-order chi connectivity index (χ0) is 25.9. The summed E-state index contributed by atoms with van der Waals surface area (Å²) in [5.74, 6) is -0.603. The number of nitrogens with one attached hydrogen (secondary N) is 4. The Kier molecular flexibility index (Phi) is 5.70. The number of ether oxygens (including phenoxy) is 1. The molecule has 33 heavy (non-hydrogen) atoms. The molecule has 10 nitrogen and oxygen atoms in total. The van der Waals surface area contributed by atoms with Crippen molar-refractivity contribution in [3.05, 3.63) is 41.0 Å². The smallest absolute Gasteiger partial charge is 0.273 e. The lowest BCUT2D eigenvalue weighted by atomic mass is 10.1. The van der Waals surface area contributed by atoms with Gasteiger partial charge in [0.05, 0.1) is 24.0 Å². The first-order valence-corrected chi connectivity index (χ1v) is 11.0. The Morgan fingerprint density at radius 2 is 2.12 bits per heavy atom. The Morgan fingerprint density at radius 3 is 2.85 bits per heavy atom. The Balaban J connectivity index is 1.70. The van der Waals surface area contributed by atoms with Crippen LogP contribution in [0.15, 0.2) is 30.5 Å². The third-order valence-electron chi connectivity index (χ3n) is 4.95. The molecule has 172 valence electrons. The molecule has 2 aromatic heterocycles. The highest BCUT2D eigenvalue weighted by Gasteiger charge is 2.30. The summed E-state index contributed by atoms with van der Waals surface area (Å²) in [6.45, 7) is -2.04. The van der Waals surface area contributed by atoms with Crippen molar-refractivity contribution in [2.24, 2.45) is 5.92 Å². The molecular formula is C22H25N7O3S. The first-order chi connectivity index (χ1) is 17.2. The number of anilines is 3. The summed E-state index contributed by atoms with van der Waals surface area (Å²) in [4.78, 5) is 30.4. The minimum Gasteiger partial charge on any atom is -0.494 e. The average molecular weight is 471 g/mol. The van der Waals surface area contributed by atoms with Gasteiger partial charge in [-0.1, -0.05) is 6.07 Å². The van der Waals surface area contributed by atoms with E-state index in [0.717, 1.165) is 28.3 Å². The maximum Gasteiger partial charge on any atom is 0.273 e. The number of carbonyl (C=O) groups is 2. The van der Waals surface area contributed by atoms with E-state index >= 15 is 0 Å². The van der Waals surface area contributed by atoms with E-state index < -0.39 is 12.9 Å². The molecule has 1 fully saturated rings. The third-order valence-corrected chi connectivity index (χ3v) is 5.98. The van der Waals surface area contributed by atoms with Crippen molar-refractivity contribution >= 4 is 40.3 Å². The largest absolute Gasteiger partial charge is 0.494 e. The zero-order valence-corrected chi connectivity index (χ0v) is 18.9. The van der Waals surface area contributed by atoms with Crippen molar-refractivity contribution < 1.29 is 18.4 Å². The van der Waals surface area contributed by atoms with Crippen LogP contribution in [-0.4, -0.2) is 48.1 Å². The number of amides is 2. The molecule has 0 aliphatic heterocycles. The molecule has 0 atom stereocenters. The molecular weight excluding hydrogens is 442 g/mol. The standard InChI is InChI=1S/C22H25N7O3S/c1-23-10-13-11-25-22(33-13)14-5-4-6-15(19(14)32-3)26-16-9-17(27-20(30)12-7-8-12)28-29-18(16)21(31)24-2/h4-6,9,11-12,23H,7-8,10H2,1-3H3,(H,24,31)(H2,26,27,28,30)/i2D3. The van der Waals surface area contributed by atoms with Gasteiger partial charge in [0.25, 0.3) is 5.91 Å². The van der Waals surface area contributed by atoms with Crippen LogP contribution in [0, 0.1) is 5.92 Å². The predicted molar refractivity (Wildman–Crippen MR) is 127 cm³/mol. The van der Waals surface area contributed by atoms with E-state index in [9.17, 15) is 9.59 Å². The molecule has 4 N–H and O–H groups in total. The Labute approximate surface area is 199 Å². The van der Waals surface area contributed by atoms with Crippen molar-refractivity contribution in [2.75, 3.05) is 31.8 Å². The normalized spacial score (nSPS) is 14.5. The van der Waals surface area contributed by atoms with E-state index in [2.05, 4.69) is 31.1 Å². The van der Waals surface area contributed by atoms with Crippen molar-refractivity contribution in [3.8, 4) is 16.3 Å². The SMILES string of the molecule is [2H]C([2H])([2H])NC(=O)c1nnc(NC(=O)C2CC2)cc1Nc1cccc(-c2ncc(CNC)s2)c1OC. The molecule has 11 heteroatoms. The lowest BCUT2D eigenvalue weighted by Gasteiger charge is -2.16. The number of nitrogens with zero attached hydrogens (tertiary/aromatic N) is 3. The van der Waals surface area contributed by atoms with Crippen LogP contribution in [0.5, 0.6) is 5.75 Å². The molecule has 1 aliphatic rings. The summed E-state index contributed by atoms with van der Waals surface area (Å²) >= 11 is 1.51. The second-order valence-electron chi connectivity index (χ2n) is 7.38. The fraction of sp³-hybridized carbons (Fsp3) is 0.318. The molecule has 0 saturated heterocycles. The minimum atomic E-state index is -2.72. The van der Waals surface area contributed by atoms with Crippen molar-refractivity contribution in [3.63, 3.8) is 0 Å². The monoisotopic (exact) mass is 470 g/mol. The van der Waals surface area contributed by atoms with Crippen molar-refractivity contribution in [1.29, 1.82) is 0 Å². The van der Waals surface area contributed by atoms with Crippen LogP contribution in [0.2, 0.25) is 0 Å². The summed E-state index contributed by atoms with van der Waals surface area (Å²) in [7, 11) is 3.37. The summed E-state index contributed by atoms with van der Waals surface area (Å²) in [6.07, 6.45) is 3.40. The molecule has 2 amide bonds. The Bertz CT molecular complexity index is 1280. The molecule has 4 rings (SSSR count). The van der Waals surface area contributed by atoms with Gasteiger partial charge in [0.2, 0.25) is 5.91 Å². The quantitative estimate of drug-likeness (QED) is 0.376. The van der Waals surface area contributed by atoms with Gasteiger partial charge in [0.1, 0.15) is 5.01 Å². The topological polar surface area (TPSA) is 130 Å². The highest BCUT2D eigenvalue weighted by atomic mass is 32.1. The Hall–Kier alpha value is -3.57. The molecule has 2 heterocycles. The highest BCUT2D eigenvalue weighted by molar-refractivity contribution is 7.15. The van der Waals surface area contributed by atoms with E-state index in [1.54, 1.807) is 18.3 Å². The number of benzene rings is 1. The first-order valence-electron chi connectivity index (χ1n) is 11.7. The van der Waals surface area contributed by atoms with Gasteiger partial charge in [-0.3, -0.25) is 9.59 Å². The number of rotatable bonds is 9. The van der Waals surface area contributed by atoms with Crippen LogP contribution >= 0.6 is 11.3 Å². The first kappa shape index (κ1) is 18.9. The molecule has 1 aromatic carbocycles. The van der Waals surface area contributed by atoms with Crippen LogP contribution < -0.4 is 26.0 Å². The van der Waals surface area contributed by atoms with Gasteiger partial charge in [0.15, 0.2) is 17.3 Å². The summed E-state index contributed by atoms with van der Waals surface area (Å²) in [5.41, 5.74) is 1.10. The lowest BCUT2D eigenvalue weighted by Crippen LogP contribution is -2.22. The molecule has 0 bridgehead atoms. The number of hydrogen-bond acceptors (Lipinski definition) is 9. The molecule has 1 aliphatic carbocycles. The summed E-state index contributed by atoms with van der Waals surface area (Å²) in [5, 5.41) is 19.3. The van der Waals surface area contributed by atoms with Crippen LogP contribution in [0.25, 0.3) is 10.6 Å². The fourth-order valence-electron chi connectivity index (χ4n) is 3.21. The van der Waals surface area contributed by atoms with E-state index in [4.69, 9.17) is 8.85 Å². The van der Waals surface area contributed by atoms with Crippen molar-refractivity contribution in [1.82, 2.24) is 25.8 Å². The van der Waals surface area contributed by atoms with Gasteiger partial charge in [-0.05, 0) is 32.0 Å². The third kappa shape index (κ3) is 5.10. The van der Waals surface area contributed by atoms with Crippen LogP contribution in [0.4, 0.5) is 17.2 Å². The fourth-order valence-corrected chi connectivity index (χ4v) is 4.15. The second-order valence-corrected chi connectivity index (χ2v) is 8.50. The lowest BCUT2D eigenvalue weighted by molar-refractivity contribution is -0.117. The van der Waals surface area contributed by atoms with Crippen LogP contribution in [-0.2, 0) is 11.3 Å². The van der Waals surface area contributed by atoms with Crippen molar-refractivity contribution in [2.45, 2.75) is 19.4 Å². The molecule has 0 radical (unpaired) electrons. The predicted octanol–water partition coefficient (Wildman–Crippen LogP) is 2.78. The number of carbonyl (C=O) groups excluding carboxylic acids is 2. The van der Waals surface area contributed by atoms with E-state index in [0.29, 0.717) is 18.0 Å². The van der Waals surface area contributed by atoms with Gasteiger partial charge < -0.3 is 26.0 Å². The highest BCUT2D eigenvalue weighted by Crippen LogP contribution is 2.40. The second kappa shape index (κ2) is 9.92. The van der Waals surface area contributed by atoms with E-state index in [1.165, 1.54) is 24.5 Å².